The van der Waals surface area contributed by atoms with Gasteiger partial charge >= 0.3 is 0 Å². The molecule has 0 saturated carbocycles. The Morgan fingerprint density at radius 3 is 2.88 bits per heavy atom. The van der Waals surface area contributed by atoms with E-state index in [4.69, 9.17) is 4.74 Å². The summed E-state index contributed by atoms with van der Waals surface area (Å²) >= 11 is 0. The summed E-state index contributed by atoms with van der Waals surface area (Å²) in [6.07, 6.45) is 2.26. The molecule has 1 aliphatic heterocycles. The fourth-order valence-corrected chi connectivity index (χ4v) is 2.11. The first-order valence-corrected chi connectivity index (χ1v) is 6.16. The van der Waals surface area contributed by atoms with Gasteiger partial charge in [0.2, 0.25) is 0 Å². The van der Waals surface area contributed by atoms with Crippen LogP contribution in [0.3, 0.4) is 0 Å². The molecule has 0 aliphatic carbocycles. The summed E-state index contributed by atoms with van der Waals surface area (Å²) in [6, 6.07) is 12.7. The monoisotopic (exact) mass is 230 g/mol. The van der Waals surface area contributed by atoms with Gasteiger partial charge in [0.15, 0.2) is 0 Å². The van der Waals surface area contributed by atoms with Gasteiger partial charge in [0, 0.05) is 19.2 Å². The number of nitrogens with zero attached hydrogens (tertiary/aromatic N) is 1. The maximum atomic E-state index is 9.19. The zero-order valence-corrected chi connectivity index (χ0v) is 9.93. The molecule has 1 aromatic carbocycles. The Labute approximate surface area is 102 Å². The molecule has 2 rings (SSSR count). The van der Waals surface area contributed by atoms with Crippen LogP contribution in [0.4, 0.5) is 0 Å². The van der Waals surface area contributed by atoms with Gasteiger partial charge in [0.25, 0.3) is 0 Å². The molecule has 90 valence electrons. The van der Waals surface area contributed by atoms with Gasteiger partial charge in [-0.05, 0) is 18.4 Å². The Morgan fingerprint density at radius 1 is 1.41 bits per heavy atom. The summed E-state index contributed by atoms with van der Waals surface area (Å²) in [5.41, 5.74) is 1.08. The summed E-state index contributed by atoms with van der Waals surface area (Å²) in [7, 11) is 0. The Morgan fingerprint density at radius 2 is 2.24 bits per heavy atom. The fourth-order valence-electron chi connectivity index (χ4n) is 2.11. The van der Waals surface area contributed by atoms with Gasteiger partial charge in [-0.2, -0.15) is 5.26 Å². The van der Waals surface area contributed by atoms with E-state index in [2.05, 4.69) is 11.4 Å². The van der Waals surface area contributed by atoms with Gasteiger partial charge in [-0.1, -0.05) is 30.3 Å². The molecule has 0 spiro atoms. The van der Waals surface area contributed by atoms with Gasteiger partial charge in [-0.15, -0.1) is 0 Å². The van der Waals surface area contributed by atoms with E-state index >= 15 is 0 Å². The van der Waals surface area contributed by atoms with Gasteiger partial charge in [0.1, 0.15) is 0 Å². The summed E-state index contributed by atoms with van der Waals surface area (Å²) < 4.78 is 5.41. The van der Waals surface area contributed by atoms with E-state index in [1.54, 1.807) is 0 Å². The Hall–Kier alpha value is -1.37. The molecule has 2 atom stereocenters. The van der Waals surface area contributed by atoms with Crippen LogP contribution in [0.1, 0.15) is 24.3 Å². The summed E-state index contributed by atoms with van der Waals surface area (Å²) in [5.74, 6) is -0.0712. The number of nitriles is 1. The molecule has 1 saturated heterocycles. The van der Waals surface area contributed by atoms with Gasteiger partial charge in [-0.25, -0.2) is 0 Å². The smallest absolute Gasteiger partial charge is 0.0837 e. The molecular formula is C14H18N2O. The molecule has 1 aliphatic rings. The van der Waals surface area contributed by atoms with Crippen LogP contribution in [0.2, 0.25) is 0 Å². The first-order chi connectivity index (χ1) is 8.40. The second-order valence-corrected chi connectivity index (χ2v) is 4.41. The number of benzene rings is 1. The van der Waals surface area contributed by atoms with E-state index in [1.165, 1.54) is 0 Å². The molecule has 1 N–H and O–H groups in total. The summed E-state index contributed by atoms with van der Waals surface area (Å²) in [6.45, 7) is 2.35. The van der Waals surface area contributed by atoms with Gasteiger partial charge < -0.3 is 10.1 Å². The molecule has 3 heteroatoms. The van der Waals surface area contributed by atoms with Crippen molar-refractivity contribution in [3.8, 4) is 6.07 Å². The number of ether oxygens (including phenoxy) is 1. The second kappa shape index (κ2) is 6.39. The highest BCUT2D eigenvalue weighted by atomic mass is 16.5. The zero-order valence-electron chi connectivity index (χ0n) is 9.93. The van der Waals surface area contributed by atoms with E-state index in [0.717, 1.165) is 31.6 Å². The number of hydrogen-bond donors (Lipinski definition) is 1. The largest absolute Gasteiger partial charge is 0.380 e. The maximum Gasteiger partial charge on any atom is 0.0837 e. The van der Waals surface area contributed by atoms with Crippen LogP contribution in [0.5, 0.6) is 0 Å². The minimum atomic E-state index is -0.0712. The predicted molar refractivity (Wildman–Crippen MR) is 66.6 cm³/mol. The molecule has 3 nitrogen and oxygen atoms in total. The summed E-state index contributed by atoms with van der Waals surface area (Å²) in [5, 5.41) is 12.6. The lowest BCUT2D eigenvalue weighted by Crippen LogP contribution is -2.38. The van der Waals surface area contributed by atoms with E-state index in [1.807, 2.05) is 30.3 Å². The molecule has 1 heterocycles. The van der Waals surface area contributed by atoms with Crippen molar-refractivity contribution >= 4 is 0 Å². The van der Waals surface area contributed by atoms with Crippen LogP contribution >= 0.6 is 0 Å². The van der Waals surface area contributed by atoms with Crippen molar-refractivity contribution in [3.05, 3.63) is 35.9 Å². The zero-order chi connectivity index (χ0) is 11.9. The Kier molecular flexibility index (Phi) is 4.54. The third-order valence-corrected chi connectivity index (χ3v) is 3.13. The standard InChI is InChI=1S/C14H18N2O/c15-9-13(12-5-2-1-3-6-12)10-16-14-7-4-8-17-11-14/h1-3,5-6,13-14,16H,4,7-8,10-11H2. The molecule has 0 aromatic heterocycles. The van der Waals surface area contributed by atoms with Crippen molar-refractivity contribution < 1.29 is 4.74 Å². The predicted octanol–water partition coefficient (Wildman–Crippen LogP) is 2.06. The van der Waals surface area contributed by atoms with Crippen LogP contribution < -0.4 is 5.32 Å². The minimum Gasteiger partial charge on any atom is -0.380 e. The van der Waals surface area contributed by atoms with Gasteiger partial charge in [0.05, 0.1) is 18.6 Å². The van der Waals surface area contributed by atoms with Crippen LogP contribution in [-0.4, -0.2) is 25.8 Å². The van der Waals surface area contributed by atoms with Crippen molar-refractivity contribution in [1.29, 1.82) is 5.26 Å². The first-order valence-electron chi connectivity index (χ1n) is 6.16. The van der Waals surface area contributed by atoms with E-state index in [0.29, 0.717) is 12.6 Å². The van der Waals surface area contributed by atoms with Crippen LogP contribution in [0.15, 0.2) is 30.3 Å². The average Bonchev–Trinajstić information content (AvgIpc) is 2.42. The van der Waals surface area contributed by atoms with E-state index < -0.39 is 0 Å². The van der Waals surface area contributed by atoms with Crippen molar-refractivity contribution in [3.63, 3.8) is 0 Å². The molecule has 1 fully saturated rings. The van der Waals surface area contributed by atoms with Crippen LogP contribution in [0, 0.1) is 11.3 Å². The lowest BCUT2D eigenvalue weighted by molar-refractivity contribution is 0.0704. The number of rotatable bonds is 4. The molecule has 0 amide bonds. The number of nitrogens with one attached hydrogen (secondary N) is 1. The quantitative estimate of drug-likeness (QED) is 0.861. The normalized spacial score (nSPS) is 21.7. The highest BCUT2D eigenvalue weighted by Crippen LogP contribution is 2.14. The van der Waals surface area contributed by atoms with Crippen molar-refractivity contribution in [1.82, 2.24) is 5.32 Å². The lowest BCUT2D eigenvalue weighted by Gasteiger charge is -2.24. The Bertz CT molecular complexity index is 366. The molecular weight excluding hydrogens is 212 g/mol. The van der Waals surface area contributed by atoms with Crippen molar-refractivity contribution in [2.75, 3.05) is 19.8 Å². The van der Waals surface area contributed by atoms with E-state index in [-0.39, 0.29) is 5.92 Å². The highest BCUT2D eigenvalue weighted by molar-refractivity contribution is 5.25. The molecule has 1 aromatic rings. The molecule has 0 bridgehead atoms. The third kappa shape index (κ3) is 3.55. The third-order valence-electron chi connectivity index (χ3n) is 3.13. The minimum absolute atomic E-state index is 0.0712. The fraction of sp³-hybridized carbons (Fsp3) is 0.500. The first kappa shape index (κ1) is 12.1. The topological polar surface area (TPSA) is 45.0 Å². The number of hydrogen-bond acceptors (Lipinski definition) is 3. The SMILES string of the molecule is N#CC(CNC1CCCOC1)c1ccccc1. The van der Waals surface area contributed by atoms with Crippen molar-refractivity contribution in [2.24, 2.45) is 0 Å². The Balaban J connectivity index is 1.86. The summed E-state index contributed by atoms with van der Waals surface area (Å²) in [4.78, 5) is 0. The highest BCUT2D eigenvalue weighted by Gasteiger charge is 2.16. The molecule has 2 unspecified atom stereocenters. The molecule has 0 radical (unpaired) electrons. The van der Waals surface area contributed by atoms with Crippen LogP contribution in [0.25, 0.3) is 0 Å². The van der Waals surface area contributed by atoms with E-state index in [9.17, 15) is 5.26 Å². The lowest BCUT2D eigenvalue weighted by atomic mass is 10.00. The average molecular weight is 230 g/mol. The van der Waals surface area contributed by atoms with Gasteiger partial charge in [-0.3, -0.25) is 0 Å². The maximum absolute atomic E-state index is 9.19. The molecule has 17 heavy (non-hydrogen) atoms. The van der Waals surface area contributed by atoms with Crippen LogP contribution in [-0.2, 0) is 4.74 Å². The second-order valence-electron chi connectivity index (χ2n) is 4.41. The van der Waals surface area contributed by atoms with Crippen molar-refractivity contribution in [2.45, 2.75) is 24.8 Å².